The second-order valence-corrected chi connectivity index (χ2v) is 4.55. The Balaban J connectivity index is 2.14. The summed E-state index contributed by atoms with van der Waals surface area (Å²) in [5.74, 6) is -1.33. The predicted molar refractivity (Wildman–Crippen MR) is 63.6 cm³/mol. The molecule has 2 rings (SSSR count). The summed E-state index contributed by atoms with van der Waals surface area (Å²) >= 11 is 0. The Morgan fingerprint density at radius 2 is 2.17 bits per heavy atom. The molecule has 1 fully saturated rings. The maximum absolute atomic E-state index is 12.8. The third-order valence-corrected chi connectivity index (χ3v) is 3.11. The fourth-order valence-electron chi connectivity index (χ4n) is 2.01. The molecule has 0 bridgehead atoms. The summed E-state index contributed by atoms with van der Waals surface area (Å²) < 4.78 is 38.4. The Kier molecular flexibility index (Phi) is 3.75. The first kappa shape index (κ1) is 13.1. The molecule has 1 unspecified atom stereocenters. The van der Waals surface area contributed by atoms with E-state index in [1.54, 1.807) is 11.1 Å². The molecule has 2 heterocycles. The van der Waals surface area contributed by atoms with Crippen molar-refractivity contribution in [3.05, 3.63) is 24.0 Å². The normalized spacial score (nSPS) is 21.8. The molecule has 1 saturated heterocycles. The summed E-state index contributed by atoms with van der Waals surface area (Å²) in [7, 11) is 0. The first-order chi connectivity index (χ1) is 8.47. The summed E-state index contributed by atoms with van der Waals surface area (Å²) in [6.07, 6.45) is -2.53. The fraction of sp³-hybridized carbons (Fsp3) is 0.583. The highest BCUT2D eigenvalue weighted by molar-refractivity contribution is 5.44. The minimum atomic E-state index is -4.16. The van der Waals surface area contributed by atoms with Gasteiger partial charge in [0.15, 0.2) is 0 Å². The standard InChI is InChI=1S/C12H16F3N3/c1-9-2-3-11(7-17-9)18-5-4-16-6-10(8-18)12(13,14)15/h2-3,7,10,16H,4-6,8H2,1H3. The molecule has 0 aromatic carbocycles. The van der Waals surface area contributed by atoms with Crippen molar-refractivity contribution in [3.63, 3.8) is 0 Å². The van der Waals surface area contributed by atoms with Gasteiger partial charge in [-0.2, -0.15) is 13.2 Å². The van der Waals surface area contributed by atoms with Crippen LogP contribution in [0.3, 0.4) is 0 Å². The molecule has 0 radical (unpaired) electrons. The summed E-state index contributed by atoms with van der Waals surface area (Å²) in [5, 5.41) is 2.83. The van der Waals surface area contributed by atoms with Gasteiger partial charge in [-0.05, 0) is 19.1 Å². The van der Waals surface area contributed by atoms with Crippen LogP contribution in [0.15, 0.2) is 18.3 Å². The quantitative estimate of drug-likeness (QED) is 0.836. The molecule has 1 aromatic heterocycles. The molecule has 100 valence electrons. The van der Waals surface area contributed by atoms with E-state index in [0.717, 1.165) is 11.4 Å². The number of hydrogen-bond donors (Lipinski definition) is 1. The maximum Gasteiger partial charge on any atom is 0.394 e. The van der Waals surface area contributed by atoms with Gasteiger partial charge in [-0.15, -0.1) is 0 Å². The summed E-state index contributed by atoms with van der Waals surface area (Å²) in [4.78, 5) is 5.87. The first-order valence-electron chi connectivity index (χ1n) is 5.92. The van der Waals surface area contributed by atoms with Crippen LogP contribution in [0.1, 0.15) is 5.69 Å². The average Bonchev–Trinajstić information content (AvgIpc) is 2.55. The summed E-state index contributed by atoms with van der Waals surface area (Å²) in [6.45, 7) is 2.95. The van der Waals surface area contributed by atoms with Crippen LogP contribution in [0.25, 0.3) is 0 Å². The maximum atomic E-state index is 12.8. The smallest absolute Gasteiger partial charge is 0.368 e. The number of aryl methyl sites for hydroxylation is 1. The number of rotatable bonds is 1. The van der Waals surface area contributed by atoms with Crippen molar-refractivity contribution >= 4 is 5.69 Å². The zero-order valence-electron chi connectivity index (χ0n) is 10.2. The lowest BCUT2D eigenvalue weighted by molar-refractivity contribution is -0.169. The van der Waals surface area contributed by atoms with E-state index in [1.807, 2.05) is 19.1 Å². The van der Waals surface area contributed by atoms with Crippen LogP contribution in [0, 0.1) is 12.8 Å². The number of nitrogens with one attached hydrogen (secondary N) is 1. The zero-order valence-corrected chi connectivity index (χ0v) is 10.2. The molecule has 6 heteroatoms. The molecule has 0 saturated carbocycles. The second kappa shape index (κ2) is 5.14. The van der Waals surface area contributed by atoms with E-state index < -0.39 is 12.1 Å². The molecule has 1 aromatic rings. The molecular weight excluding hydrogens is 243 g/mol. The Hall–Kier alpha value is -1.30. The first-order valence-corrected chi connectivity index (χ1v) is 5.92. The molecule has 0 amide bonds. The van der Waals surface area contributed by atoms with Gasteiger partial charge in [0.25, 0.3) is 0 Å². The Labute approximate surface area is 104 Å². The van der Waals surface area contributed by atoms with Gasteiger partial charge in [-0.25, -0.2) is 0 Å². The number of anilines is 1. The van der Waals surface area contributed by atoms with E-state index >= 15 is 0 Å². The van der Waals surface area contributed by atoms with Gasteiger partial charge in [0.1, 0.15) is 0 Å². The van der Waals surface area contributed by atoms with Gasteiger partial charge in [0.2, 0.25) is 0 Å². The van der Waals surface area contributed by atoms with Crippen LogP contribution in [0.2, 0.25) is 0 Å². The van der Waals surface area contributed by atoms with Crippen molar-refractivity contribution in [1.82, 2.24) is 10.3 Å². The van der Waals surface area contributed by atoms with Crippen molar-refractivity contribution < 1.29 is 13.2 Å². The second-order valence-electron chi connectivity index (χ2n) is 4.55. The molecule has 1 aliphatic heterocycles. The largest absolute Gasteiger partial charge is 0.394 e. The number of alkyl halides is 3. The highest BCUT2D eigenvalue weighted by atomic mass is 19.4. The zero-order chi connectivity index (χ0) is 13.2. The topological polar surface area (TPSA) is 28.2 Å². The van der Waals surface area contributed by atoms with Crippen LogP contribution in [-0.2, 0) is 0 Å². The van der Waals surface area contributed by atoms with Crippen LogP contribution in [0.5, 0.6) is 0 Å². The van der Waals surface area contributed by atoms with Gasteiger partial charge >= 0.3 is 6.18 Å². The molecule has 3 nitrogen and oxygen atoms in total. The highest BCUT2D eigenvalue weighted by Gasteiger charge is 2.41. The molecular formula is C12H16F3N3. The minimum absolute atomic E-state index is 0.0127. The molecule has 1 aliphatic rings. The van der Waals surface area contributed by atoms with Crippen LogP contribution < -0.4 is 10.2 Å². The summed E-state index contributed by atoms with van der Waals surface area (Å²) in [6, 6.07) is 3.64. The number of nitrogens with zero attached hydrogens (tertiary/aromatic N) is 2. The number of pyridine rings is 1. The summed E-state index contributed by atoms with van der Waals surface area (Å²) in [5.41, 5.74) is 1.61. The van der Waals surface area contributed by atoms with Crippen LogP contribution >= 0.6 is 0 Å². The van der Waals surface area contributed by atoms with Crippen LogP contribution in [-0.4, -0.2) is 37.3 Å². The lowest BCUT2D eigenvalue weighted by Crippen LogP contribution is -2.38. The minimum Gasteiger partial charge on any atom is -0.368 e. The average molecular weight is 259 g/mol. The third kappa shape index (κ3) is 3.13. The van der Waals surface area contributed by atoms with Crippen molar-refractivity contribution in [2.75, 3.05) is 31.1 Å². The van der Waals surface area contributed by atoms with Gasteiger partial charge in [-0.1, -0.05) is 0 Å². The Bertz CT molecular complexity index is 389. The van der Waals surface area contributed by atoms with E-state index in [1.165, 1.54) is 0 Å². The molecule has 1 N–H and O–H groups in total. The Morgan fingerprint density at radius 3 is 2.78 bits per heavy atom. The Morgan fingerprint density at radius 1 is 1.39 bits per heavy atom. The monoisotopic (exact) mass is 259 g/mol. The van der Waals surface area contributed by atoms with E-state index in [9.17, 15) is 13.2 Å². The lowest BCUT2D eigenvalue weighted by atomic mass is 10.1. The number of hydrogen-bond acceptors (Lipinski definition) is 3. The lowest BCUT2D eigenvalue weighted by Gasteiger charge is -2.26. The van der Waals surface area contributed by atoms with E-state index in [2.05, 4.69) is 10.3 Å². The number of halogens is 3. The van der Waals surface area contributed by atoms with E-state index in [4.69, 9.17) is 0 Å². The van der Waals surface area contributed by atoms with Crippen molar-refractivity contribution in [2.24, 2.45) is 5.92 Å². The molecule has 0 spiro atoms. The van der Waals surface area contributed by atoms with Crippen molar-refractivity contribution in [1.29, 1.82) is 0 Å². The van der Waals surface area contributed by atoms with Crippen molar-refractivity contribution in [3.8, 4) is 0 Å². The van der Waals surface area contributed by atoms with Gasteiger partial charge in [0.05, 0.1) is 17.8 Å². The van der Waals surface area contributed by atoms with Crippen molar-refractivity contribution in [2.45, 2.75) is 13.1 Å². The molecule has 1 atom stereocenters. The van der Waals surface area contributed by atoms with Gasteiger partial charge < -0.3 is 10.2 Å². The highest BCUT2D eigenvalue weighted by Crippen LogP contribution is 2.28. The van der Waals surface area contributed by atoms with E-state index in [0.29, 0.717) is 13.1 Å². The molecule has 0 aliphatic carbocycles. The van der Waals surface area contributed by atoms with Gasteiger partial charge in [-0.3, -0.25) is 4.98 Å². The third-order valence-electron chi connectivity index (χ3n) is 3.11. The fourth-order valence-corrected chi connectivity index (χ4v) is 2.01. The number of aromatic nitrogens is 1. The SMILES string of the molecule is Cc1ccc(N2CCNCC(C(F)(F)F)C2)cn1. The van der Waals surface area contributed by atoms with E-state index in [-0.39, 0.29) is 13.1 Å². The molecule has 18 heavy (non-hydrogen) atoms. The van der Waals surface area contributed by atoms with Crippen LogP contribution in [0.4, 0.5) is 18.9 Å². The van der Waals surface area contributed by atoms with Gasteiger partial charge in [0, 0.05) is 31.9 Å². The predicted octanol–water partition coefficient (Wildman–Crippen LogP) is 1.98.